The molecule has 0 aliphatic carbocycles. The van der Waals surface area contributed by atoms with E-state index < -0.39 is 0 Å². The second-order valence-electron chi connectivity index (χ2n) is 3.53. The summed E-state index contributed by atoms with van der Waals surface area (Å²) >= 11 is 3.12. The van der Waals surface area contributed by atoms with Crippen molar-refractivity contribution in [1.29, 1.82) is 0 Å². The van der Waals surface area contributed by atoms with E-state index in [9.17, 15) is 9.18 Å². The van der Waals surface area contributed by atoms with Gasteiger partial charge in [-0.1, -0.05) is 0 Å². The van der Waals surface area contributed by atoms with Crippen molar-refractivity contribution in [3.63, 3.8) is 0 Å². The lowest BCUT2D eigenvalue weighted by atomic mass is 10.2. The Morgan fingerprint density at radius 1 is 1.41 bits per heavy atom. The van der Waals surface area contributed by atoms with Crippen molar-refractivity contribution in [3.05, 3.63) is 52.1 Å². The van der Waals surface area contributed by atoms with Gasteiger partial charge in [0.05, 0.1) is 11.8 Å². The smallest absolute Gasteiger partial charge is 0.260 e. The van der Waals surface area contributed by atoms with Gasteiger partial charge >= 0.3 is 0 Å². The molecule has 0 radical (unpaired) electrons. The van der Waals surface area contributed by atoms with Crippen LogP contribution < -0.4 is 5.32 Å². The third-order valence-electron chi connectivity index (χ3n) is 2.28. The summed E-state index contributed by atoms with van der Waals surface area (Å²) in [5.74, 6) is -0.607. The van der Waals surface area contributed by atoms with Gasteiger partial charge in [-0.2, -0.15) is 0 Å². The average molecular weight is 298 g/mol. The highest BCUT2D eigenvalue weighted by molar-refractivity contribution is 9.10. The molecule has 0 saturated carbocycles. The first-order chi connectivity index (χ1) is 8.08. The SMILES string of the molecule is Cc1cc(NC(=O)c2ccoc2Br)ccc1F. The molecular formula is C12H9BrFNO2. The Bertz CT molecular complexity index is 565. The number of anilines is 1. The summed E-state index contributed by atoms with van der Waals surface area (Å²) < 4.78 is 18.4. The molecule has 0 aliphatic heterocycles. The Kier molecular flexibility index (Phi) is 3.28. The average Bonchev–Trinajstić information content (AvgIpc) is 2.70. The number of benzene rings is 1. The number of furan rings is 1. The molecule has 0 spiro atoms. The van der Waals surface area contributed by atoms with Crippen LogP contribution in [0.15, 0.2) is 39.6 Å². The number of carbonyl (C=O) groups excluding carboxylic acids is 1. The molecule has 88 valence electrons. The molecule has 0 unspecified atom stereocenters. The van der Waals surface area contributed by atoms with Gasteiger partial charge in [-0.15, -0.1) is 0 Å². The molecule has 0 fully saturated rings. The number of carbonyl (C=O) groups is 1. The maximum Gasteiger partial charge on any atom is 0.260 e. The second kappa shape index (κ2) is 4.71. The van der Waals surface area contributed by atoms with Gasteiger partial charge in [0.1, 0.15) is 5.82 Å². The maximum atomic E-state index is 13.0. The van der Waals surface area contributed by atoms with Crippen molar-refractivity contribution in [2.45, 2.75) is 6.92 Å². The molecule has 3 nitrogen and oxygen atoms in total. The second-order valence-corrected chi connectivity index (χ2v) is 4.25. The van der Waals surface area contributed by atoms with Crippen LogP contribution in [0.1, 0.15) is 15.9 Å². The van der Waals surface area contributed by atoms with Crippen molar-refractivity contribution in [3.8, 4) is 0 Å². The molecule has 0 saturated heterocycles. The van der Waals surface area contributed by atoms with E-state index in [1.54, 1.807) is 19.1 Å². The van der Waals surface area contributed by atoms with Gasteiger partial charge in [-0.25, -0.2) is 4.39 Å². The molecule has 0 aliphatic rings. The quantitative estimate of drug-likeness (QED) is 0.917. The van der Waals surface area contributed by atoms with Crippen LogP contribution >= 0.6 is 15.9 Å². The molecule has 1 aromatic carbocycles. The molecule has 0 bridgehead atoms. The van der Waals surface area contributed by atoms with Gasteiger partial charge in [0.15, 0.2) is 4.67 Å². The molecule has 5 heteroatoms. The molecule has 17 heavy (non-hydrogen) atoms. The van der Waals surface area contributed by atoms with E-state index in [0.29, 0.717) is 21.5 Å². The van der Waals surface area contributed by atoms with Crippen LogP contribution in [0.2, 0.25) is 0 Å². The zero-order valence-corrected chi connectivity index (χ0v) is 10.5. The number of aryl methyl sites for hydroxylation is 1. The van der Waals surface area contributed by atoms with Crippen LogP contribution in [0.25, 0.3) is 0 Å². The van der Waals surface area contributed by atoms with E-state index in [-0.39, 0.29) is 11.7 Å². The van der Waals surface area contributed by atoms with Crippen molar-refractivity contribution in [2.24, 2.45) is 0 Å². The lowest BCUT2D eigenvalue weighted by molar-refractivity contribution is 0.102. The topological polar surface area (TPSA) is 42.2 Å². The molecule has 1 N–H and O–H groups in total. The third-order valence-corrected chi connectivity index (χ3v) is 2.89. The van der Waals surface area contributed by atoms with E-state index in [1.165, 1.54) is 18.4 Å². The van der Waals surface area contributed by atoms with Gasteiger partial charge in [0.25, 0.3) is 5.91 Å². The fourth-order valence-corrected chi connectivity index (χ4v) is 1.80. The first-order valence-corrected chi connectivity index (χ1v) is 5.67. The van der Waals surface area contributed by atoms with Crippen LogP contribution in [0.5, 0.6) is 0 Å². The summed E-state index contributed by atoms with van der Waals surface area (Å²) in [6, 6.07) is 5.95. The maximum absolute atomic E-state index is 13.0. The largest absolute Gasteiger partial charge is 0.457 e. The Labute approximate surface area is 106 Å². The van der Waals surface area contributed by atoms with Crippen LogP contribution in [0, 0.1) is 12.7 Å². The minimum absolute atomic E-state index is 0.299. The first kappa shape index (κ1) is 11.9. The predicted molar refractivity (Wildman–Crippen MR) is 65.5 cm³/mol. The van der Waals surface area contributed by atoms with Crippen molar-refractivity contribution in [1.82, 2.24) is 0 Å². The first-order valence-electron chi connectivity index (χ1n) is 4.88. The fourth-order valence-electron chi connectivity index (χ4n) is 1.38. The van der Waals surface area contributed by atoms with E-state index in [4.69, 9.17) is 4.42 Å². The normalized spacial score (nSPS) is 10.3. The standard InChI is InChI=1S/C12H9BrFNO2/c1-7-6-8(2-3-10(7)14)15-12(16)9-4-5-17-11(9)13/h2-6H,1H3,(H,15,16). The van der Waals surface area contributed by atoms with Crippen LogP contribution in [-0.4, -0.2) is 5.91 Å². The molecular weight excluding hydrogens is 289 g/mol. The summed E-state index contributed by atoms with van der Waals surface area (Å²) in [7, 11) is 0. The molecule has 2 aromatic rings. The highest BCUT2D eigenvalue weighted by Crippen LogP contribution is 2.20. The van der Waals surface area contributed by atoms with E-state index in [0.717, 1.165) is 0 Å². The summed E-state index contributed by atoms with van der Waals surface area (Å²) in [5.41, 5.74) is 1.42. The Balaban J connectivity index is 2.19. The van der Waals surface area contributed by atoms with Crippen molar-refractivity contribution >= 4 is 27.5 Å². The van der Waals surface area contributed by atoms with Gasteiger partial charge in [0.2, 0.25) is 0 Å². The third kappa shape index (κ3) is 2.55. The molecule has 1 amide bonds. The Morgan fingerprint density at radius 2 is 2.18 bits per heavy atom. The molecule has 0 atom stereocenters. The van der Waals surface area contributed by atoms with Crippen LogP contribution in [0.4, 0.5) is 10.1 Å². The lowest BCUT2D eigenvalue weighted by Crippen LogP contribution is -2.11. The van der Waals surface area contributed by atoms with Crippen LogP contribution in [-0.2, 0) is 0 Å². The van der Waals surface area contributed by atoms with Gasteiger partial charge < -0.3 is 9.73 Å². The number of hydrogen-bond acceptors (Lipinski definition) is 2. The fraction of sp³-hybridized carbons (Fsp3) is 0.0833. The van der Waals surface area contributed by atoms with Crippen LogP contribution in [0.3, 0.4) is 0 Å². The molecule has 2 rings (SSSR count). The highest BCUT2D eigenvalue weighted by atomic mass is 79.9. The monoisotopic (exact) mass is 297 g/mol. The van der Waals surface area contributed by atoms with E-state index in [2.05, 4.69) is 21.2 Å². The van der Waals surface area contributed by atoms with Gasteiger partial charge in [0, 0.05) is 5.69 Å². The van der Waals surface area contributed by atoms with Crippen molar-refractivity contribution < 1.29 is 13.6 Å². The predicted octanol–water partition coefficient (Wildman–Crippen LogP) is 3.74. The molecule has 1 aromatic heterocycles. The number of rotatable bonds is 2. The minimum atomic E-state index is -0.309. The van der Waals surface area contributed by atoms with Crippen molar-refractivity contribution in [2.75, 3.05) is 5.32 Å². The van der Waals surface area contributed by atoms with Gasteiger partial charge in [-0.05, 0) is 52.7 Å². The zero-order valence-electron chi connectivity index (χ0n) is 8.96. The summed E-state index contributed by atoms with van der Waals surface area (Å²) in [5, 5.41) is 2.66. The van der Waals surface area contributed by atoms with E-state index >= 15 is 0 Å². The zero-order chi connectivity index (χ0) is 12.4. The number of amides is 1. The number of halogens is 2. The number of hydrogen-bond donors (Lipinski definition) is 1. The summed E-state index contributed by atoms with van der Waals surface area (Å²) in [6.07, 6.45) is 1.41. The molecule has 1 heterocycles. The Hall–Kier alpha value is -1.62. The summed E-state index contributed by atoms with van der Waals surface area (Å²) in [6.45, 7) is 1.64. The summed E-state index contributed by atoms with van der Waals surface area (Å²) in [4.78, 5) is 11.8. The lowest BCUT2D eigenvalue weighted by Gasteiger charge is -2.05. The highest BCUT2D eigenvalue weighted by Gasteiger charge is 2.12. The number of nitrogens with one attached hydrogen (secondary N) is 1. The van der Waals surface area contributed by atoms with E-state index in [1.807, 2.05) is 0 Å². The van der Waals surface area contributed by atoms with Gasteiger partial charge in [-0.3, -0.25) is 4.79 Å². The Morgan fingerprint density at radius 3 is 2.76 bits per heavy atom. The minimum Gasteiger partial charge on any atom is -0.457 e.